The van der Waals surface area contributed by atoms with Crippen LogP contribution in [0.4, 0.5) is 0 Å². The third kappa shape index (κ3) is 2.87. The average molecular weight is 266 g/mol. The lowest BCUT2D eigenvalue weighted by molar-refractivity contribution is -0.121. The minimum Gasteiger partial charge on any atom is -0.349 e. The number of fused-ring (bicyclic) bond motifs is 1. The van der Waals surface area contributed by atoms with E-state index < -0.39 is 0 Å². The second-order valence-electron chi connectivity index (χ2n) is 5.22. The number of hydrogen-bond acceptors (Lipinski definition) is 2. The van der Waals surface area contributed by atoms with Crippen LogP contribution in [0, 0.1) is 0 Å². The number of aryl methyl sites for hydroxylation is 2. The van der Waals surface area contributed by atoms with Gasteiger partial charge in [0.25, 0.3) is 0 Å². The fourth-order valence-corrected chi connectivity index (χ4v) is 2.78. The molecule has 0 radical (unpaired) electrons. The summed E-state index contributed by atoms with van der Waals surface area (Å²) in [5.74, 6) is 0.121. The molecule has 0 saturated carbocycles. The molecule has 0 fully saturated rings. The van der Waals surface area contributed by atoms with Gasteiger partial charge in [-0.2, -0.15) is 0 Å². The van der Waals surface area contributed by atoms with Gasteiger partial charge >= 0.3 is 0 Å². The number of nitrogens with zero attached hydrogens (tertiary/aromatic N) is 1. The van der Waals surface area contributed by atoms with Gasteiger partial charge in [-0.05, 0) is 42.0 Å². The first-order valence-corrected chi connectivity index (χ1v) is 7.09. The molecule has 0 spiro atoms. The quantitative estimate of drug-likeness (QED) is 0.924. The molecule has 1 amide bonds. The summed E-state index contributed by atoms with van der Waals surface area (Å²) in [7, 11) is 0. The summed E-state index contributed by atoms with van der Waals surface area (Å²) >= 11 is 0. The van der Waals surface area contributed by atoms with E-state index >= 15 is 0 Å². The van der Waals surface area contributed by atoms with Crippen molar-refractivity contribution in [3.05, 3.63) is 65.5 Å². The van der Waals surface area contributed by atoms with Crippen LogP contribution in [0.1, 0.15) is 35.6 Å². The molecule has 1 aromatic carbocycles. The first kappa shape index (κ1) is 12.9. The molecule has 1 atom stereocenters. The maximum atomic E-state index is 12.1. The Bertz CT molecular complexity index is 595. The van der Waals surface area contributed by atoms with Crippen molar-refractivity contribution >= 4 is 5.91 Å². The highest BCUT2D eigenvalue weighted by Gasteiger charge is 2.22. The summed E-state index contributed by atoms with van der Waals surface area (Å²) in [5.41, 5.74) is 3.75. The molecular weight excluding hydrogens is 248 g/mol. The van der Waals surface area contributed by atoms with Crippen molar-refractivity contribution < 1.29 is 4.79 Å². The summed E-state index contributed by atoms with van der Waals surface area (Å²) in [6.45, 7) is 0. The Balaban J connectivity index is 1.55. The lowest BCUT2D eigenvalue weighted by Crippen LogP contribution is -2.27. The highest BCUT2D eigenvalue weighted by Crippen LogP contribution is 2.30. The Morgan fingerprint density at radius 2 is 2.15 bits per heavy atom. The predicted octanol–water partition coefficient (Wildman–Crippen LogP) is 2.82. The summed E-state index contributed by atoms with van der Waals surface area (Å²) in [6.07, 6.45) is 6.90. The van der Waals surface area contributed by atoms with E-state index in [0.717, 1.165) is 24.8 Å². The molecule has 20 heavy (non-hydrogen) atoms. The summed E-state index contributed by atoms with van der Waals surface area (Å²) in [5, 5.41) is 3.15. The van der Waals surface area contributed by atoms with Crippen molar-refractivity contribution in [2.45, 2.75) is 31.7 Å². The topological polar surface area (TPSA) is 42.0 Å². The molecule has 1 aliphatic carbocycles. The normalized spacial score (nSPS) is 16.7. The zero-order valence-corrected chi connectivity index (χ0v) is 11.4. The van der Waals surface area contributed by atoms with Gasteiger partial charge in [-0.15, -0.1) is 0 Å². The van der Waals surface area contributed by atoms with Crippen molar-refractivity contribution in [1.29, 1.82) is 0 Å². The Labute approximate surface area is 119 Å². The van der Waals surface area contributed by atoms with Gasteiger partial charge in [0, 0.05) is 18.8 Å². The van der Waals surface area contributed by atoms with Crippen LogP contribution < -0.4 is 5.32 Å². The van der Waals surface area contributed by atoms with Gasteiger partial charge < -0.3 is 5.32 Å². The minimum absolute atomic E-state index is 0.121. The maximum Gasteiger partial charge on any atom is 0.220 e. The molecule has 102 valence electrons. The van der Waals surface area contributed by atoms with Crippen LogP contribution in [-0.2, 0) is 17.6 Å². The van der Waals surface area contributed by atoms with Gasteiger partial charge in [-0.1, -0.05) is 30.3 Å². The first-order chi connectivity index (χ1) is 9.83. The standard InChI is InChI=1S/C17H18N2O/c20-17(10-7-13-4-3-11-18-12-13)19-16-9-8-14-5-1-2-6-15(14)16/h1-6,11-12,16H,7-10H2,(H,19,20)/t16-/m0/s1. The van der Waals surface area contributed by atoms with Gasteiger partial charge in [0.15, 0.2) is 0 Å². The van der Waals surface area contributed by atoms with E-state index in [1.165, 1.54) is 11.1 Å². The lowest BCUT2D eigenvalue weighted by atomic mass is 10.1. The molecule has 0 unspecified atom stereocenters. The zero-order chi connectivity index (χ0) is 13.8. The highest BCUT2D eigenvalue weighted by atomic mass is 16.1. The van der Waals surface area contributed by atoms with Crippen molar-refractivity contribution in [3.63, 3.8) is 0 Å². The van der Waals surface area contributed by atoms with Crippen molar-refractivity contribution in [3.8, 4) is 0 Å². The predicted molar refractivity (Wildman–Crippen MR) is 78.2 cm³/mol. The fraction of sp³-hybridized carbons (Fsp3) is 0.294. The molecule has 3 nitrogen and oxygen atoms in total. The minimum atomic E-state index is 0.121. The number of benzene rings is 1. The molecule has 3 heteroatoms. The van der Waals surface area contributed by atoms with E-state index in [1.54, 1.807) is 6.20 Å². The second kappa shape index (κ2) is 5.87. The molecule has 1 aromatic heterocycles. The van der Waals surface area contributed by atoms with Gasteiger partial charge in [0.1, 0.15) is 0 Å². The smallest absolute Gasteiger partial charge is 0.220 e. The summed E-state index contributed by atoms with van der Waals surface area (Å²) in [6, 6.07) is 12.5. The Morgan fingerprint density at radius 1 is 1.25 bits per heavy atom. The molecular formula is C17H18N2O. The Morgan fingerprint density at radius 3 is 3.00 bits per heavy atom. The molecule has 3 rings (SSSR count). The van der Waals surface area contributed by atoms with E-state index in [1.807, 2.05) is 24.4 Å². The Hall–Kier alpha value is -2.16. The van der Waals surface area contributed by atoms with Crippen LogP contribution in [0.2, 0.25) is 0 Å². The number of aromatic nitrogens is 1. The van der Waals surface area contributed by atoms with Crippen molar-refractivity contribution in [2.24, 2.45) is 0 Å². The van der Waals surface area contributed by atoms with E-state index in [0.29, 0.717) is 6.42 Å². The van der Waals surface area contributed by atoms with Crippen LogP contribution in [-0.4, -0.2) is 10.9 Å². The zero-order valence-electron chi connectivity index (χ0n) is 11.4. The second-order valence-corrected chi connectivity index (χ2v) is 5.22. The number of carbonyl (C=O) groups is 1. The lowest BCUT2D eigenvalue weighted by Gasteiger charge is -2.14. The number of amides is 1. The fourth-order valence-electron chi connectivity index (χ4n) is 2.78. The highest BCUT2D eigenvalue weighted by molar-refractivity contribution is 5.76. The van der Waals surface area contributed by atoms with Crippen LogP contribution in [0.5, 0.6) is 0 Å². The number of hydrogen-bond donors (Lipinski definition) is 1. The third-order valence-electron chi connectivity index (χ3n) is 3.83. The molecule has 2 aromatic rings. The van der Waals surface area contributed by atoms with E-state index in [-0.39, 0.29) is 11.9 Å². The first-order valence-electron chi connectivity index (χ1n) is 7.09. The summed E-state index contributed by atoms with van der Waals surface area (Å²) in [4.78, 5) is 16.1. The molecule has 1 N–H and O–H groups in total. The van der Waals surface area contributed by atoms with Gasteiger partial charge in [-0.25, -0.2) is 0 Å². The third-order valence-corrected chi connectivity index (χ3v) is 3.83. The molecule has 1 aliphatic rings. The number of carbonyl (C=O) groups excluding carboxylic acids is 1. The number of nitrogens with one attached hydrogen (secondary N) is 1. The molecule has 0 aliphatic heterocycles. The van der Waals surface area contributed by atoms with Gasteiger partial charge in [0.05, 0.1) is 6.04 Å². The van der Waals surface area contributed by atoms with E-state index in [4.69, 9.17) is 0 Å². The number of rotatable bonds is 4. The van der Waals surface area contributed by atoms with E-state index in [9.17, 15) is 4.79 Å². The monoisotopic (exact) mass is 266 g/mol. The molecule has 1 heterocycles. The van der Waals surface area contributed by atoms with Gasteiger partial charge in [-0.3, -0.25) is 9.78 Å². The van der Waals surface area contributed by atoms with Crippen LogP contribution in [0.3, 0.4) is 0 Å². The van der Waals surface area contributed by atoms with Crippen LogP contribution in [0.25, 0.3) is 0 Å². The van der Waals surface area contributed by atoms with Crippen LogP contribution in [0.15, 0.2) is 48.8 Å². The maximum absolute atomic E-state index is 12.1. The summed E-state index contributed by atoms with van der Waals surface area (Å²) < 4.78 is 0. The largest absolute Gasteiger partial charge is 0.349 e. The Kier molecular flexibility index (Phi) is 3.77. The molecule has 0 bridgehead atoms. The van der Waals surface area contributed by atoms with Crippen molar-refractivity contribution in [2.75, 3.05) is 0 Å². The average Bonchev–Trinajstić information content (AvgIpc) is 2.90. The molecule has 0 saturated heterocycles. The van der Waals surface area contributed by atoms with Crippen molar-refractivity contribution in [1.82, 2.24) is 10.3 Å². The SMILES string of the molecule is O=C(CCc1cccnc1)N[C@H]1CCc2ccccc21. The number of pyridine rings is 1. The van der Waals surface area contributed by atoms with Gasteiger partial charge in [0.2, 0.25) is 5.91 Å². The van der Waals surface area contributed by atoms with E-state index in [2.05, 4.69) is 28.5 Å². The van der Waals surface area contributed by atoms with Crippen LogP contribution >= 0.6 is 0 Å².